The molecule has 0 spiro atoms. The van der Waals surface area contributed by atoms with Gasteiger partial charge in [-0.2, -0.15) is 13.2 Å². The second kappa shape index (κ2) is 3.12. The first kappa shape index (κ1) is 9.63. The number of aromatic nitrogens is 1. The van der Waals surface area contributed by atoms with E-state index in [4.69, 9.17) is 0 Å². The number of carbonyl (C=O) groups excluding carboxylic acids is 1. The molecule has 2 nitrogen and oxygen atoms in total. The number of hydrogen-bond donors (Lipinski definition) is 0. The van der Waals surface area contributed by atoms with Gasteiger partial charge in [0.1, 0.15) is 17.1 Å². The van der Waals surface area contributed by atoms with Crippen LogP contribution >= 0.6 is 0 Å². The molecule has 13 heavy (non-hydrogen) atoms. The van der Waals surface area contributed by atoms with Crippen LogP contribution in [0.3, 0.4) is 0 Å². The number of nitrogens with zero attached hydrogens (tertiary/aromatic N) is 1. The van der Waals surface area contributed by atoms with E-state index >= 15 is 0 Å². The summed E-state index contributed by atoms with van der Waals surface area (Å²) in [5, 5.41) is 0. The van der Waals surface area contributed by atoms with Gasteiger partial charge in [-0.05, 0) is 6.07 Å². The Morgan fingerprint density at radius 2 is 2.00 bits per heavy atom. The maximum Gasteiger partial charge on any atom is 0.421 e. The summed E-state index contributed by atoms with van der Waals surface area (Å²) in [6, 6.07) is 0.551. The van der Waals surface area contributed by atoms with E-state index in [0.717, 1.165) is 6.20 Å². The SMILES string of the molecule is O=Cc1nccc(F)c1C(F)(F)F. The molecule has 0 amide bonds. The molecule has 0 fully saturated rings. The predicted octanol–water partition coefficient (Wildman–Crippen LogP) is 2.05. The van der Waals surface area contributed by atoms with Gasteiger partial charge >= 0.3 is 6.18 Å². The van der Waals surface area contributed by atoms with E-state index in [9.17, 15) is 22.4 Å². The predicted molar refractivity (Wildman–Crippen MR) is 34.6 cm³/mol. The summed E-state index contributed by atoms with van der Waals surface area (Å²) in [5.74, 6) is -1.50. The van der Waals surface area contributed by atoms with Crippen molar-refractivity contribution in [2.24, 2.45) is 0 Å². The van der Waals surface area contributed by atoms with E-state index in [-0.39, 0.29) is 6.29 Å². The number of hydrogen-bond acceptors (Lipinski definition) is 2. The Bertz CT molecular complexity index is 334. The number of aldehydes is 1. The number of alkyl halides is 3. The van der Waals surface area contributed by atoms with Crippen LogP contribution in [0.5, 0.6) is 0 Å². The summed E-state index contributed by atoms with van der Waals surface area (Å²) >= 11 is 0. The smallest absolute Gasteiger partial charge is 0.296 e. The Kier molecular flexibility index (Phi) is 2.31. The third-order valence-corrected chi connectivity index (χ3v) is 1.32. The molecule has 0 radical (unpaired) electrons. The third-order valence-electron chi connectivity index (χ3n) is 1.32. The molecule has 0 aromatic carbocycles. The van der Waals surface area contributed by atoms with Crippen molar-refractivity contribution in [3.05, 3.63) is 29.3 Å². The van der Waals surface area contributed by atoms with Crippen molar-refractivity contribution in [2.45, 2.75) is 6.18 Å². The van der Waals surface area contributed by atoms with Crippen molar-refractivity contribution >= 4 is 6.29 Å². The lowest BCUT2D eigenvalue weighted by Crippen LogP contribution is -2.13. The average Bonchev–Trinajstić information content (AvgIpc) is 2.01. The lowest BCUT2D eigenvalue weighted by Gasteiger charge is -2.08. The minimum Gasteiger partial charge on any atom is -0.296 e. The van der Waals surface area contributed by atoms with Crippen molar-refractivity contribution in [1.82, 2.24) is 4.98 Å². The zero-order valence-corrected chi connectivity index (χ0v) is 6.10. The first-order valence-corrected chi connectivity index (χ1v) is 3.13. The second-order valence-electron chi connectivity index (χ2n) is 2.17. The minimum atomic E-state index is -4.89. The summed E-state index contributed by atoms with van der Waals surface area (Å²) in [7, 11) is 0. The fourth-order valence-corrected chi connectivity index (χ4v) is 0.823. The molecule has 1 aromatic heterocycles. The first-order valence-electron chi connectivity index (χ1n) is 3.13. The van der Waals surface area contributed by atoms with E-state index in [0.29, 0.717) is 6.07 Å². The summed E-state index contributed by atoms with van der Waals surface area (Å²) in [5.41, 5.74) is -2.56. The molecule has 0 aliphatic carbocycles. The van der Waals surface area contributed by atoms with E-state index in [1.165, 1.54) is 0 Å². The normalized spacial score (nSPS) is 11.4. The van der Waals surface area contributed by atoms with Gasteiger partial charge in [-0.15, -0.1) is 0 Å². The molecule has 0 saturated carbocycles. The zero-order chi connectivity index (χ0) is 10.1. The maximum absolute atomic E-state index is 12.6. The third kappa shape index (κ3) is 1.82. The van der Waals surface area contributed by atoms with Crippen molar-refractivity contribution in [2.75, 3.05) is 0 Å². The monoisotopic (exact) mass is 193 g/mol. The van der Waals surface area contributed by atoms with Crippen LogP contribution in [0.15, 0.2) is 12.3 Å². The fraction of sp³-hybridized carbons (Fsp3) is 0.143. The Hall–Kier alpha value is -1.46. The highest BCUT2D eigenvalue weighted by molar-refractivity contribution is 5.74. The number of carbonyl (C=O) groups is 1. The molecule has 1 rings (SSSR count). The van der Waals surface area contributed by atoms with Crippen LogP contribution in [0.25, 0.3) is 0 Å². The van der Waals surface area contributed by atoms with Crippen LogP contribution in [0, 0.1) is 5.82 Å². The highest BCUT2D eigenvalue weighted by atomic mass is 19.4. The molecule has 0 saturated heterocycles. The summed E-state index contributed by atoms with van der Waals surface area (Å²) in [4.78, 5) is 13.2. The molecular weight excluding hydrogens is 190 g/mol. The quantitative estimate of drug-likeness (QED) is 0.504. The molecule has 1 heterocycles. The van der Waals surface area contributed by atoms with Gasteiger partial charge in [-0.25, -0.2) is 4.39 Å². The fourth-order valence-electron chi connectivity index (χ4n) is 0.823. The lowest BCUT2D eigenvalue weighted by molar-refractivity contribution is -0.140. The molecule has 0 N–H and O–H groups in total. The van der Waals surface area contributed by atoms with Gasteiger partial charge in [0.15, 0.2) is 6.29 Å². The van der Waals surface area contributed by atoms with Crippen molar-refractivity contribution in [1.29, 1.82) is 0 Å². The van der Waals surface area contributed by atoms with E-state index in [1.54, 1.807) is 0 Å². The van der Waals surface area contributed by atoms with Gasteiger partial charge in [0, 0.05) is 6.20 Å². The van der Waals surface area contributed by atoms with Crippen LogP contribution in [-0.4, -0.2) is 11.3 Å². The molecule has 1 aromatic rings. The van der Waals surface area contributed by atoms with Crippen LogP contribution in [0.1, 0.15) is 16.1 Å². The molecule has 70 valence electrons. The van der Waals surface area contributed by atoms with Gasteiger partial charge in [0.2, 0.25) is 0 Å². The number of rotatable bonds is 1. The highest BCUT2D eigenvalue weighted by Gasteiger charge is 2.37. The van der Waals surface area contributed by atoms with Crippen molar-refractivity contribution in [3.8, 4) is 0 Å². The second-order valence-corrected chi connectivity index (χ2v) is 2.17. The van der Waals surface area contributed by atoms with Crippen LogP contribution in [-0.2, 0) is 6.18 Å². The van der Waals surface area contributed by atoms with Gasteiger partial charge in [-0.3, -0.25) is 9.78 Å². The average molecular weight is 193 g/mol. The number of halogens is 4. The Labute approximate surface area is 70.2 Å². The van der Waals surface area contributed by atoms with Crippen LogP contribution in [0.2, 0.25) is 0 Å². The standard InChI is InChI=1S/C7H3F4NO/c8-4-1-2-12-5(3-13)6(4)7(9,10)11/h1-3H. The molecule has 6 heteroatoms. The van der Waals surface area contributed by atoms with Gasteiger partial charge in [-0.1, -0.05) is 0 Å². The first-order chi connectivity index (χ1) is 5.96. The largest absolute Gasteiger partial charge is 0.421 e. The minimum absolute atomic E-state index is 0.133. The molecule has 0 atom stereocenters. The Balaban J connectivity index is 3.40. The summed E-state index contributed by atoms with van der Waals surface area (Å²) in [6.45, 7) is 0. The molecule has 0 aliphatic rings. The Morgan fingerprint density at radius 3 is 2.38 bits per heavy atom. The van der Waals surface area contributed by atoms with Crippen molar-refractivity contribution < 1.29 is 22.4 Å². The van der Waals surface area contributed by atoms with E-state index < -0.39 is 23.3 Å². The maximum atomic E-state index is 12.6. The summed E-state index contributed by atoms with van der Waals surface area (Å²) in [6.07, 6.45) is -4.23. The zero-order valence-electron chi connectivity index (χ0n) is 6.10. The molecule has 0 aliphatic heterocycles. The van der Waals surface area contributed by atoms with Crippen molar-refractivity contribution in [3.63, 3.8) is 0 Å². The van der Waals surface area contributed by atoms with Gasteiger partial charge in [0.25, 0.3) is 0 Å². The van der Waals surface area contributed by atoms with E-state index in [2.05, 4.69) is 4.98 Å². The highest BCUT2D eigenvalue weighted by Crippen LogP contribution is 2.32. The molecule has 0 bridgehead atoms. The number of pyridine rings is 1. The molecule has 0 unspecified atom stereocenters. The van der Waals surface area contributed by atoms with Crippen LogP contribution < -0.4 is 0 Å². The lowest BCUT2D eigenvalue weighted by atomic mass is 10.2. The van der Waals surface area contributed by atoms with Gasteiger partial charge in [0.05, 0.1) is 0 Å². The Morgan fingerprint density at radius 1 is 1.38 bits per heavy atom. The van der Waals surface area contributed by atoms with Gasteiger partial charge < -0.3 is 0 Å². The summed E-state index contributed by atoms with van der Waals surface area (Å²) < 4.78 is 48.8. The van der Waals surface area contributed by atoms with Crippen LogP contribution in [0.4, 0.5) is 17.6 Å². The van der Waals surface area contributed by atoms with E-state index in [1.807, 2.05) is 0 Å². The molecular formula is C7H3F4NO. The topological polar surface area (TPSA) is 30.0 Å².